The molecule has 0 saturated carbocycles. The van der Waals surface area contributed by atoms with E-state index >= 15 is 0 Å². The summed E-state index contributed by atoms with van der Waals surface area (Å²) >= 11 is 0. The van der Waals surface area contributed by atoms with Crippen LogP contribution in [0.4, 0.5) is 0 Å². The van der Waals surface area contributed by atoms with Crippen LogP contribution in [0.25, 0.3) is 0 Å². The number of benzene rings is 1. The largest absolute Gasteiger partial charge is 0.481 e. The minimum Gasteiger partial charge on any atom is -0.481 e. The number of hydrogen-bond acceptors (Lipinski definition) is 2. The maximum atomic E-state index is 11.4. The summed E-state index contributed by atoms with van der Waals surface area (Å²) in [6.45, 7) is 4.64. The van der Waals surface area contributed by atoms with Crippen molar-refractivity contribution in [3.63, 3.8) is 0 Å². The third kappa shape index (κ3) is 2.27. The van der Waals surface area contributed by atoms with Gasteiger partial charge in [-0.05, 0) is 43.9 Å². The summed E-state index contributed by atoms with van der Waals surface area (Å²) in [5.74, 6) is -0.0430. The van der Waals surface area contributed by atoms with E-state index in [2.05, 4.69) is 29.2 Å². The highest BCUT2D eigenvalue weighted by atomic mass is 16.4. The summed E-state index contributed by atoms with van der Waals surface area (Å²) in [6, 6.07) is 8.60. The molecule has 2 unspecified atom stereocenters. The van der Waals surface area contributed by atoms with E-state index in [0.717, 1.165) is 32.4 Å². The van der Waals surface area contributed by atoms with Gasteiger partial charge in [-0.15, -0.1) is 0 Å². The lowest BCUT2D eigenvalue weighted by atomic mass is 9.76. The molecule has 3 heteroatoms. The number of carbonyl (C=O) groups is 1. The number of aliphatic carboxylic acids is 1. The van der Waals surface area contributed by atoms with Gasteiger partial charge < -0.3 is 10.0 Å². The molecule has 0 bridgehead atoms. The maximum Gasteiger partial charge on any atom is 0.310 e. The number of fused-ring (bicyclic) bond motifs is 1. The van der Waals surface area contributed by atoms with Crippen LogP contribution in [-0.2, 0) is 11.2 Å². The zero-order valence-corrected chi connectivity index (χ0v) is 11.4. The lowest BCUT2D eigenvalue weighted by Crippen LogP contribution is -2.48. The molecule has 1 fully saturated rings. The van der Waals surface area contributed by atoms with E-state index in [0.29, 0.717) is 12.5 Å². The van der Waals surface area contributed by atoms with Gasteiger partial charge in [-0.2, -0.15) is 0 Å². The van der Waals surface area contributed by atoms with E-state index < -0.39 is 11.4 Å². The standard InChI is InChI=1S/C16H21NO2/c1-16(15(18)19)7-4-8-17(11-16)10-13-9-12-5-2-3-6-14(12)13/h2-3,5-6,13H,4,7-11H2,1H3,(H,18,19). The van der Waals surface area contributed by atoms with E-state index in [1.54, 1.807) is 0 Å². The van der Waals surface area contributed by atoms with Gasteiger partial charge in [0.1, 0.15) is 0 Å². The Kier molecular flexibility index (Phi) is 3.09. The molecule has 1 aliphatic carbocycles. The van der Waals surface area contributed by atoms with Crippen LogP contribution in [0.1, 0.15) is 36.8 Å². The second kappa shape index (κ2) is 4.64. The normalized spacial score (nSPS) is 30.5. The number of nitrogens with zero attached hydrogens (tertiary/aromatic N) is 1. The summed E-state index contributed by atoms with van der Waals surface area (Å²) in [6.07, 6.45) is 2.95. The Morgan fingerprint density at radius 1 is 1.47 bits per heavy atom. The Morgan fingerprint density at radius 3 is 3.00 bits per heavy atom. The van der Waals surface area contributed by atoms with Gasteiger partial charge in [-0.3, -0.25) is 4.79 Å². The summed E-state index contributed by atoms with van der Waals surface area (Å²) in [5.41, 5.74) is 2.37. The van der Waals surface area contributed by atoms with Gasteiger partial charge in [0, 0.05) is 19.0 Å². The molecule has 1 aliphatic heterocycles. The summed E-state index contributed by atoms with van der Waals surface area (Å²) < 4.78 is 0. The van der Waals surface area contributed by atoms with Crippen molar-refractivity contribution in [2.24, 2.45) is 5.41 Å². The first kappa shape index (κ1) is 12.7. The molecule has 2 aliphatic rings. The van der Waals surface area contributed by atoms with Crippen LogP contribution in [0, 0.1) is 5.41 Å². The third-order valence-corrected chi connectivity index (χ3v) is 4.73. The van der Waals surface area contributed by atoms with E-state index in [-0.39, 0.29) is 0 Å². The molecule has 0 aromatic heterocycles. The van der Waals surface area contributed by atoms with Gasteiger partial charge in [0.05, 0.1) is 5.41 Å². The van der Waals surface area contributed by atoms with E-state index in [4.69, 9.17) is 0 Å². The van der Waals surface area contributed by atoms with Crippen LogP contribution in [0.5, 0.6) is 0 Å². The molecule has 102 valence electrons. The molecular formula is C16H21NO2. The first-order chi connectivity index (χ1) is 9.08. The monoisotopic (exact) mass is 259 g/mol. The first-order valence-electron chi connectivity index (χ1n) is 7.12. The molecule has 1 heterocycles. The molecular weight excluding hydrogens is 238 g/mol. The smallest absolute Gasteiger partial charge is 0.310 e. The fourth-order valence-corrected chi connectivity index (χ4v) is 3.51. The van der Waals surface area contributed by atoms with Crippen LogP contribution in [-0.4, -0.2) is 35.6 Å². The molecule has 1 saturated heterocycles. The van der Waals surface area contributed by atoms with Crippen LogP contribution in [0.2, 0.25) is 0 Å². The zero-order valence-electron chi connectivity index (χ0n) is 11.4. The van der Waals surface area contributed by atoms with Crippen molar-refractivity contribution in [2.75, 3.05) is 19.6 Å². The number of carboxylic acids is 1. The number of rotatable bonds is 3. The predicted molar refractivity (Wildman–Crippen MR) is 74.3 cm³/mol. The fraction of sp³-hybridized carbons (Fsp3) is 0.562. The number of hydrogen-bond donors (Lipinski definition) is 1. The second-order valence-electron chi connectivity index (χ2n) is 6.30. The van der Waals surface area contributed by atoms with Gasteiger partial charge in [-0.1, -0.05) is 24.3 Å². The predicted octanol–water partition coefficient (Wildman–Crippen LogP) is 2.51. The summed E-state index contributed by atoms with van der Waals surface area (Å²) in [7, 11) is 0. The highest BCUT2D eigenvalue weighted by Gasteiger charge is 2.39. The molecule has 1 aromatic rings. The van der Waals surface area contributed by atoms with Crippen molar-refractivity contribution < 1.29 is 9.90 Å². The summed E-state index contributed by atoms with van der Waals surface area (Å²) in [5, 5.41) is 9.35. The average Bonchev–Trinajstić information content (AvgIpc) is 2.36. The van der Waals surface area contributed by atoms with E-state index in [1.165, 1.54) is 11.1 Å². The van der Waals surface area contributed by atoms with Gasteiger partial charge in [0.15, 0.2) is 0 Å². The van der Waals surface area contributed by atoms with Crippen LogP contribution < -0.4 is 0 Å². The molecule has 1 aromatic carbocycles. The van der Waals surface area contributed by atoms with Gasteiger partial charge in [-0.25, -0.2) is 0 Å². The van der Waals surface area contributed by atoms with Crippen molar-refractivity contribution in [2.45, 2.75) is 32.1 Å². The minimum absolute atomic E-state index is 0.554. The van der Waals surface area contributed by atoms with Crippen LogP contribution >= 0.6 is 0 Å². The molecule has 0 radical (unpaired) electrons. The first-order valence-corrected chi connectivity index (χ1v) is 7.12. The van der Waals surface area contributed by atoms with Gasteiger partial charge in [0.2, 0.25) is 0 Å². The Labute approximate surface area is 114 Å². The quantitative estimate of drug-likeness (QED) is 0.906. The Bertz CT molecular complexity index is 499. The highest BCUT2D eigenvalue weighted by Crippen LogP contribution is 2.37. The van der Waals surface area contributed by atoms with Gasteiger partial charge in [0.25, 0.3) is 0 Å². The fourth-order valence-electron chi connectivity index (χ4n) is 3.51. The average molecular weight is 259 g/mol. The summed E-state index contributed by atoms with van der Waals surface area (Å²) in [4.78, 5) is 13.7. The van der Waals surface area contributed by atoms with E-state index in [9.17, 15) is 9.90 Å². The third-order valence-electron chi connectivity index (χ3n) is 4.73. The Balaban J connectivity index is 1.64. The number of likely N-dealkylation sites (tertiary alicyclic amines) is 1. The Hall–Kier alpha value is -1.35. The zero-order chi connectivity index (χ0) is 13.5. The van der Waals surface area contributed by atoms with Crippen LogP contribution in [0.3, 0.4) is 0 Å². The van der Waals surface area contributed by atoms with Crippen molar-refractivity contribution in [3.8, 4) is 0 Å². The van der Waals surface area contributed by atoms with Crippen molar-refractivity contribution in [1.82, 2.24) is 4.90 Å². The molecule has 0 spiro atoms. The van der Waals surface area contributed by atoms with Gasteiger partial charge >= 0.3 is 5.97 Å². The molecule has 1 N–H and O–H groups in total. The maximum absolute atomic E-state index is 11.4. The molecule has 0 amide bonds. The lowest BCUT2D eigenvalue weighted by molar-refractivity contribution is -0.151. The second-order valence-corrected chi connectivity index (χ2v) is 6.30. The van der Waals surface area contributed by atoms with Crippen molar-refractivity contribution >= 4 is 5.97 Å². The van der Waals surface area contributed by atoms with Crippen molar-refractivity contribution in [1.29, 1.82) is 0 Å². The molecule has 2 atom stereocenters. The van der Waals surface area contributed by atoms with Crippen molar-refractivity contribution in [3.05, 3.63) is 35.4 Å². The molecule has 19 heavy (non-hydrogen) atoms. The van der Waals surface area contributed by atoms with Crippen LogP contribution in [0.15, 0.2) is 24.3 Å². The van der Waals surface area contributed by atoms with E-state index in [1.807, 2.05) is 6.92 Å². The number of piperidine rings is 1. The highest BCUT2D eigenvalue weighted by molar-refractivity contribution is 5.74. The number of carboxylic acid groups (broad SMARTS) is 1. The molecule has 3 nitrogen and oxygen atoms in total. The Morgan fingerprint density at radius 2 is 2.26 bits per heavy atom. The molecule has 3 rings (SSSR count). The SMILES string of the molecule is CC1(C(=O)O)CCCN(CC2Cc3ccccc32)C1. The minimum atomic E-state index is -0.647. The topological polar surface area (TPSA) is 40.5 Å². The lowest BCUT2D eigenvalue weighted by Gasteiger charge is -2.41.